The molecule has 0 aromatic heterocycles. The summed E-state index contributed by atoms with van der Waals surface area (Å²) in [6, 6.07) is 0. The molecule has 76 heavy (non-hydrogen) atoms. The Balaban J connectivity index is 4.32. The van der Waals surface area contributed by atoms with Crippen molar-refractivity contribution in [1.82, 2.24) is 0 Å². The van der Waals surface area contributed by atoms with Crippen LogP contribution in [-0.4, -0.2) is 37.2 Å². The van der Waals surface area contributed by atoms with E-state index in [1.807, 2.05) is 12.2 Å². The highest BCUT2D eigenvalue weighted by Gasteiger charge is 2.19. The topological polar surface area (TPSA) is 78.9 Å². The van der Waals surface area contributed by atoms with Crippen LogP contribution in [0.25, 0.3) is 0 Å². The Morgan fingerprint density at radius 2 is 0.513 bits per heavy atom. The molecular formula is C70H126O6. The summed E-state index contributed by atoms with van der Waals surface area (Å²) < 4.78 is 16.8. The van der Waals surface area contributed by atoms with Gasteiger partial charge in [-0.1, -0.05) is 345 Å². The van der Waals surface area contributed by atoms with E-state index in [2.05, 4.69) is 69.4 Å². The van der Waals surface area contributed by atoms with Crippen molar-refractivity contribution in [2.24, 2.45) is 0 Å². The molecule has 0 aromatic rings. The summed E-state index contributed by atoms with van der Waals surface area (Å²) in [6.45, 7) is 6.50. The second-order valence-electron chi connectivity index (χ2n) is 22.4. The maximum Gasteiger partial charge on any atom is 0.309 e. The molecule has 6 heteroatoms. The zero-order valence-electron chi connectivity index (χ0n) is 50.8. The van der Waals surface area contributed by atoms with E-state index in [9.17, 15) is 14.4 Å². The average molecular weight is 1060 g/mol. The van der Waals surface area contributed by atoms with Gasteiger partial charge in [-0.25, -0.2) is 0 Å². The molecule has 0 rings (SSSR count). The zero-order chi connectivity index (χ0) is 55.0. The lowest BCUT2D eigenvalue weighted by atomic mass is 10.0. The van der Waals surface area contributed by atoms with Crippen molar-refractivity contribution >= 4 is 17.9 Å². The number of hydrogen-bond acceptors (Lipinski definition) is 6. The highest BCUT2D eigenvalue weighted by atomic mass is 16.6. The van der Waals surface area contributed by atoms with Crippen LogP contribution in [0.4, 0.5) is 0 Å². The van der Waals surface area contributed by atoms with Gasteiger partial charge < -0.3 is 14.2 Å². The lowest BCUT2D eigenvalue weighted by molar-refractivity contribution is -0.166. The Morgan fingerprint density at radius 3 is 0.803 bits per heavy atom. The lowest BCUT2D eigenvalue weighted by Gasteiger charge is -2.18. The van der Waals surface area contributed by atoms with Gasteiger partial charge >= 0.3 is 17.9 Å². The molecular weight excluding hydrogens is 937 g/mol. The van der Waals surface area contributed by atoms with Gasteiger partial charge in [0.05, 0.1) is 6.42 Å². The maximum absolute atomic E-state index is 12.9. The third kappa shape index (κ3) is 62.0. The van der Waals surface area contributed by atoms with E-state index in [0.717, 1.165) is 70.6 Å². The number of carbonyl (C=O) groups excluding carboxylic acids is 3. The first-order valence-corrected chi connectivity index (χ1v) is 33.3. The van der Waals surface area contributed by atoms with Crippen LogP contribution >= 0.6 is 0 Å². The summed E-state index contributed by atoms with van der Waals surface area (Å²) >= 11 is 0. The quantitative estimate of drug-likeness (QED) is 0.0261. The Hall–Kier alpha value is -2.89. The van der Waals surface area contributed by atoms with Gasteiger partial charge in [0.2, 0.25) is 0 Å². The number of allylic oxidation sites excluding steroid dienone is 9. The first-order chi connectivity index (χ1) is 37.5. The van der Waals surface area contributed by atoms with Crippen LogP contribution in [0, 0.1) is 0 Å². The summed E-state index contributed by atoms with van der Waals surface area (Å²) in [7, 11) is 0. The highest BCUT2D eigenvalue weighted by Crippen LogP contribution is 2.18. The minimum absolute atomic E-state index is 0.0991. The minimum atomic E-state index is -0.812. The molecule has 0 amide bonds. The van der Waals surface area contributed by atoms with Crippen LogP contribution in [0.1, 0.15) is 348 Å². The van der Waals surface area contributed by atoms with Crippen molar-refractivity contribution in [3.63, 3.8) is 0 Å². The van der Waals surface area contributed by atoms with Gasteiger partial charge in [0.15, 0.2) is 6.10 Å². The van der Waals surface area contributed by atoms with Crippen molar-refractivity contribution in [1.29, 1.82) is 0 Å². The van der Waals surface area contributed by atoms with Gasteiger partial charge in [0.25, 0.3) is 0 Å². The summed E-state index contributed by atoms with van der Waals surface area (Å²) in [4.78, 5) is 38.3. The van der Waals surface area contributed by atoms with E-state index in [1.165, 1.54) is 238 Å². The Morgan fingerprint density at radius 1 is 0.276 bits per heavy atom. The van der Waals surface area contributed by atoms with Crippen molar-refractivity contribution in [3.05, 3.63) is 60.8 Å². The first kappa shape index (κ1) is 73.1. The van der Waals surface area contributed by atoms with E-state index in [-0.39, 0.29) is 31.6 Å². The van der Waals surface area contributed by atoms with E-state index in [0.29, 0.717) is 12.8 Å². The molecule has 0 aliphatic carbocycles. The second kappa shape index (κ2) is 64.6. The predicted octanol–water partition coefficient (Wildman–Crippen LogP) is 22.7. The van der Waals surface area contributed by atoms with Gasteiger partial charge in [-0.05, 0) is 44.9 Å². The molecule has 0 heterocycles. The standard InChI is InChI=1S/C70H126O6/c1-4-7-10-13-16-19-22-25-28-30-32-33-34-35-36-37-38-40-42-45-48-51-54-57-60-63-69(72)75-66-67(65-74-68(71)62-59-56-53-50-47-44-41-27-24-21-18-15-12-9-6-3)76-70(73)64-61-58-55-52-49-46-43-39-31-29-26-23-20-17-14-11-8-5-2/h9,12,18,21,27,41,47,50,56,59,67H,4-8,10-11,13-17,19-20,22-26,28-40,42-46,48-49,51-55,57-58,60-66H2,1-3H3/b12-9-,21-18-,41-27-,50-47-,59-56-. The molecule has 0 saturated heterocycles. The third-order valence-electron chi connectivity index (χ3n) is 14.8. The van der Waals surface area contributed by atoms with E-state index in [1.54, 1.807) is 0 Å². The fraction of sp³-hybridized carbons (Fsp3) is 0.814. The summed E-state index contributed by atoms with van der Waals surface area (Å²) in [5.74, 6) is -1.01. The van der Waals surface area contributed by atoms with Crippen LogP contribution in [-0.2, 0) is 28.6 Å². The number of hydrogen-bond donors (Lipinski definition) is 0. The van der Waals surface area contributed by atoms with Crippen molar-refractivity contribution in [2.75, 3.05) is 13.2 Å². The maximum atomic E-state index is 12.9. The molecule has 442 valence electrons. The molecule has 1 atom stereocenters. The SMILES string of the molecule is CC/C=C\C/C=C\C/C=C\C/C=C\C/C=C\CC(=O)OCC(COC(=O)CCCCCCCCCCCCCCCCCCCCCCCCCCC)OC(=O)CCCCCCCCCCCCCCCCCCCC. The second-order valence-corrected chi connectivity index (χ2v) is 22.4. The van der Waals surface area contributed by atoms with Gasteiger partial charge in [-0.3, -0.25) is 14.4 Å². The van der Waals surface area contributed by atoms with Gasteiger partial charge in [0.1, 0.15) is 13.2 Å². The molecule has 0 saturated carbocycles. The average Bonchev–Trinajstić information content (AvgIpc) is 3.42. The summed E-state index contributed by atoms with van der Waals surface area (Å²) in [5.41, 5.74) is 0. The highest BCUT2D eigenvalue weighted by molar-refractivity contribution is 5.72. The fourth-order valence-corrected chi connectivity index (χ4v) is 9.87. The van der Waals surface area contributed by atoms with Crippen LogP contribution in [0.3, 0.4) is 0 Å². The summed E-state index contributed by atoms with van der Waals surface area (Å²) in [6.07, 6.45) is 82.7. The largest absolute Gasteiger partial charge is 0.462 e. The number of unbranched alkanes of at least 4 members (excludes halogenated alkanes) is 41. The Labute approximate surface area is 472 Å². The Bertz CT molecular complexity index is 1360. The minimum Gasteiger partial charge on any atom is -0.462 e. The molecule has 1 unspecified atom stereocenters. The molecule has 0 radical (unpaired) electrons. The van der Waals surface area contributed by atoms with Crippen LogP contribution in [0.2, 0.25) is 0 Å². The number of rotatable bonds is 61. The molecule has 0 spiro atoms. The van der Waals surface area contributed by atoms with Crippen LogP contribution in [0.5, 0.6) is 0 Å². The zero-order valence-corrected chi connectivity index (χ0v) is 50.8. The fourth-order valence-electron chi connectivity index (χ4n) is 9.87. The number of esters is 3. The monoisotopic (exact) mass is 1060 g/mol. The molecule has 0 aliphatic rings. The molecule has 0 aromatic carbocycles. The van der Waals surface area contributed by atoms with Crippen molar-refractivity contribution in [3.8, 4) is 0 Å². The van der Waals surface area contributed by atoms with Gasteiger partial charge in [-0.15, -0.1) is 0 Å². The van der Waals surface area contributed by atoms with Gasteiger partial charge in [0, 0.05) is 12.8 Å². The first-order valence-electron chi connectivity index (χ1n) is 33.3. The van der Waals surface area contributed by atoms with Crippen LogP contribution < -0.4 is 0 Å². The normalized spacial score (nSPS) is 12.4. The van der Waals surface area contributed by atoms with Crippen molar-refractivity contribution < 1.29 is 28.6 Å². The Kier molecular flexibility index (Phi) is 62.2. The third-order valence-corrected chi connectivity index (χ3v) is 14.8. The molecule has 0 fully saturated rings. The predicted molar refractivity (Wildman–Crippen MR) is 330 cm³/mol. The molecule has 0 N–H and O–H groups in total. The number of ether oxygens (including phenoxy) is 3. The molecule has 0 bridgehead atoms. The van der Waals surface area contributed by atoms with E-state index < -0.39 is 12.1 Å². The molecule has 6 nitrogen and oxygen atoms in total. The summed E-state index contributed by atoms with van der Waals surface area (Å²) in [5, 5.41) is 0. The van der Waals surface area contributed by atoms with E-state index in [4.69, 9.17) is 14.2 Å². The van der Waals surface area contributed by atoms with Gasteiger partial charge in [-0.2, -0.15) is 0 Å². The van der Waals surface area contributed by atoms with E-state index >= 15 is 0 Å². The number of carbonyl (C=O) groups is 3. The smallest absolute Gasteiger partial charge is 0.309 e. The lowest BCUT2D eigenvalue weighted by Crippen LogP contribution is -2.30. The van der Waals surface area contributed by atoms with Crippen molar-refractivity contribution in [2.45, 2.75) is 354 Å². The van der Waals surface area contributed by atoms with Crippen LogP contribution in [0.15, 0.2) is 60.8 Å². The molecule has 0 aliphatic heterocycles.